The van der Waals surface area contributed by atoms with Crippen molar-refractivity contribution in [1.82, 2.24) is 14.8 Å². The number of carbonyl (C=O) groups excluding carboxylic acids is 1. The van der Waals surface area contributed by atoms with Crippen molar-refractivity contribution in [3.63, 3.8) is 0 Å². The number of carbonyl (C=O) groups is 1. The van der Waals surface area contributed by atoms with E-state index < -0.39 is 11.5 Å². The Kier molecular flexibility index (Phi) is 7.50. The van der Waals surface area contributed by atoms with Gasteiger partial charge in [0.05, 0.1) is 24.2 Å². The second-order valence-corrected chi connectivity index (χ2v) is 6.85. The monoisotopic (exact) mass is 396 g/mol. The minimum atomic E-state index is -0.629. The first kappa shape index (κ1) is 22.1. The predicted octanol–water partition coefficient (Wildman–Crippen LogP) is 4.48. The number of aliphatic hydroxyl groups excluding tert-OH is 1. The number of rotatable bonds is 5. The van der Waals surface area contributed by atoms with Gasteiger partial charge < -0.3 is 9.84 Å². The highest BCUT2D eigenvalue weighted by Gasteiger charge is 2.25. The normalized spacial score (nSPS) is 10.7. The molecule has 1 amide bonds. The third-order valence-corrected chi connectivity index (χ3v) is 4.12. The fourth-order valence-corrected chi connectivity index (χ4v) is 2.39. The zero-order valence-corrected chi connectivity index (χ0v) is 17.5. The molecule has 154 valence electrons. The van der Waals surface area contributed by atoms with Gasteiger partial charge in [0.15, 0.2) is 0 Å². The molecular weight excluding hydrogens is 368 g/mol. The number of benzene rings is 1. The number of hydrogen-bond acceptors (Lipinski definition) is 5. The standard InChI is InChI=1S/C20H22N4O3.C2H6/c1-14-9-10-15(12-21-14)24-18(11-17(23-24)20(2,3)13-25)22-19(26)27-16-7-5-4-6-8-16;1-2/h4-12,25H,13H2,1-3H3,(H,22,26);1-2H3. The van der Waals surface area contributed by atoms with Crippen molar-refractivity contribution in [3.8, 4) is 11.4 Å². The lowest BCUT2D eigenvalue weighted by Crippen LogP contribution is -2.22. The van der Waals surface area contributed by atoms with Crippen LogP contribution in [0.4, 0.5) is 10.6 Å². The van der Waals surface area contributed by atoms with Gasteiger partial charge in [-0.3, -0.25) is 10.3 Å². The Labute approximate surface area is 171 Å². The number of aryl methyl sites for hydroxylation is 1. The van der Waals surface area contributed by atoms with Crippen LogP contribution >= 0.6 is 0 Å². The molecule has 0 saturated heterocycles. The Bertz CT molecular complexity index is 919. The third-order valence-electron chi connectivity index (χ3n) is 4.12. The molecular formula is C22H28N4O3. The Morgan fingerprint density at radius 1 is 1.17 bits per heavy atom. The van der Waals surface area contributed by atoms with E-state index in [4.69, 9.17) is 4.74 Å². The van der Waals surface area contributed by atoms with Gasteiger partial charge in [-0.1, -0.05) is 45.9 Å². The van der Waals surface area contributed by atoms with Gasteiger partial charge in [-0.05, 0) is 31.2 Å². The first-order valence-corrected chi connectivity index (χ1v) is 9.57. The van der Waals surface area contributed by atoms with Crippen LogP contribution in [-0.4, -0.2) is 32.6 Å². The van der Waals surface area contributed by atoms with Crippen LogP contribution in [0.1, 0.15) is 39.1 Å². The molecule has 7 nitrogen and oxygen atoms in total. The van der Waals surface area contributed by atoms with E-state index in [0.29, 0.717) is 22.9 Å². The van der Waals surface area contributed by atoms with E-state index in [0.717, 1.165) is 5.69 Å². The van der Waals surface area contributed by atoms with Gasteiger partial charge in [-0.25, -0.2) is 9.48 Å². The summed E-state index contributed by atoms with van der Waals surface area (Å²) in [6.45, 7) is 9.56. The smallest absolute Gasteiger partial charge is 0.410 e. The summed E-state index contributed by atoms with van der Waals surface area (Å²) in [4.78, 5) is 16.6. The first-order valence-electron chi connectivity index (χ1n) is 9.57. The third kappa shape index (κ3) is 5.65. The van der Waals surface area contributed by atoms with E-state index in [2.05, 4.69) is 15.4 Å². The molecule has 0 unspecified atom stereocenters. The maximum atomic E-state index is 12.3. The number of nitrogens with zero attached hydrogens (tertiary/aromatic N) is 3. The van der Waals surface area contributed by atoms with E-state index in [1.54, 1.807) is 41.2 Å². The van der Waals surface area contributed by atoms with Crippen LogP contribution in [0.5, 0.6) is 5.75 Å². The molecule has 3 rings (SSSR count). The molecule has 7 heteroatoms. The molecule has 3 aromatic rings. The van der Waals surface area contributed by atoms with Gasteiger partial charge in [-0.15, -0.1) is 0 Å². The van der Waals surface area contributed by atoms with Gasteiger partial charge >= 0.3 is 6.09 Å². The van der Waals surface area contributed by atoms with Crippen molar-refractivity contribution in [2.45, 2.75) is 40.0 Å². The molecule has 29 heavy (non-hydrogen) atoms. The quantitative estimate of drug-likeness (QED) is 0.664. The Hall–Kier alpha value is -3.19. The molecule has 0 radical (unpaired) electrons. The number of amides is 1. The molecule has 0 bridgehead atoms. The summed E-state index contributed by atoms with van der Waals surface area (Å²) in [6, 6.07) is 14.2. The average Bonchev–Trinajstić information content (AvgIpc) is 3.15. The summed E-state index contributed by atoms with van der Waals surface area (Å²) in [7, 11) is 0. The summed E-state index contributed by atoms with van der Waals surface area (Å²) in [5, 5.41) is 16.9. The highest BCUT2D eigenvalue weighted by molar-refractivity contribution is 5.85. The lowest BCUT2D eigenvalue weighted by atomic mass is 9.91. The predicted molar refractivity (Wildman–Crippen MR) is 114 cm³/mol. The number of nitrogens with one attached hydrogen (secondary N) is 1. The van der Waals surface area contributed by atoms with Crippen molar-refractivity contribution in [2.75, 3.05) is 11.9 Å². The molecule has 2 aromatic heterocycles. The number of aliphatic hydroxyl groups is 1. The fraction of sp³-hybridized carbons (Fsp3) is 0.318. The van der Waals surface area contributed by atoms with Gasteiger partial charge in [0, 0.05) is 17.2 Å². The van der Waals surface area contributed by atoms with Crippen LogP contribution in [0.15, 0.2) is 54.7 Å². The minimum absolute atomic E-state index is 0.0793. The first-order chi connectivity index (χ1) is 13.9. The maximum Gasteiger partial charge on any atom is 0.418 e. The van der Waals surface area contributed by atoms with E-state index in [1.807, 2.05) is 52.8 Å². The van der Waals surface area contributed by atoms with Crippen LogP contribution in [0.2, 0.25) is 0 Å². The second-order valence-electron chi connectivity index (χ2n) is 6.85. The summed E-state index contributed by atoms with van der Waals surface area (Å²) < 4.78 is 6.87. The van der Waals surface area contributed by atoms with Crippen molar-refractivity contribution in [3.05, 3.63) is 66.1 Å². The SMILES string of the molecule is CC.Cc1ccc(-n2nc(C(C)(C)CO)cc2NC(=O)Oc2ccccc2)cn1. The minimum Gasteiger partial charge on any atom is -0.410 e. The number of ether oxygens (including phenoxy) is 1. The Balaban J connectivity index is 0.00000145. The van der Waals surface area contributed by atoms with E-state index in [9.17, 15) is 9.90 Å². The van der Waals surface area contributed by atoms with E-state index >= 15 is 0 Å². The summed E-state index contributed by atoms with van der Waals surface area (Å²) in [6.07, 6.45) is 1.04. The molecule has 0 fully saturated rings. The molecule has 0 aliphatic heterocycles. The molecule has 1 aromatic carbocycles. The van der Waals surface area contributed by atoms with Gasteiger partial charge in [-0.2, -0.15) is 5.10 Å². The highest BCUT2D eigenvalue weighted by atomic mass is 16.6. The Morgan fingerprint density at radius 3 is 2.45 bits per heavy atom. The summed E-state index contributed by atoms with van der Waals surface area (Å²) in [5.74, 6) is 0.868. The fourth-order valence-electron chi connectivity index (χ4n) is 2.39. The van der Waals surface area contributed by atoms with Crippen LogP contribution in [0, 0.1) is 6.92 Å². The van der Waals surface area contributed by atoms with Crippen LogP contribution in [0.3, 0.4) is 0 Å². The van der Waals surface area contributed by atoms with Crippen molar-refractivity contribution < 1.29 is 14.6 Å². The number of pyridine rings is 1. The highest BCUT2D eigenvalue weighted by Crippen LogP contribution is 2.26. The summed E-state index contributed by atoms with van der Waals surface area (Å²) >= 11 is 0. The largest absolute Gasteiger partial charge is 0.418 e. The molecule has 0 spiro atoms. The zero-order valence-electron chi connectivity index (χ0n) is 17.5. The molecule has 0 aliphatic rings. The lowest BCUT2D eigenvalue weighted by Gasteiger charge is -2.18. The van der Waals surface area contributed by atoms with Crippen LogP contribution < -0.4 is 10.1 Å². The molecule has 2 heterocycles. The second kappa shape index (κ2) is 9.84. The van der Waals surface area contributed by atoms with Crippen molar-refractivity contribution in [1.29, 1.82) is 0 Å². The lowest BCUT2D eigenvalue weighted by molar-refractivity contribution is 0.214. The number of anilines is 1. The molecule has 0 atom stereocenters. The van der Waals surface area contributed by atoms with Crippen LogP contribution in [0.25, 0.3) is 5.69 Å². The van der Waals surface area contributed by atoms with E-state index in [1.165, 1.54) is 0 Å². The summed E-state index contributed by atoms with van der Waals surface area (Å²) in [5.41, 5.74) is 1.64. The topological polar surface area (TPSA) is 89.3 Å². The Morgan fingerprint density at radius 2 is 1.86 bits per heavy atom. The van der Waals surface area contributed by atoms with Crippen molar-refractivity contribution >= 4 is 11.9 Å². The zero-order chi connectivity index (χ0) is 21.4. The molecule has 2 N–H and O–H groups in total. The number of para-hydroxylation sites is 1. The van der Waals surface area contributed by atoms with Gasteiger partial charge in [0.2, 0.25) is 0 Å². The van der Waals surface area contributed by atoms with E-state index in [-0.39, 0.29) is 6.61 Å². The molecule has 0 aliphatic carbocycles. The number of aromatic nitrogens is 3. The van der Waals surface area contributed by atoms with Gasteiger partial charge in [0.25, 0.3) is 0 Å². The average molecular weight is 396 g/mol. The maximum absolute atomic E-state index is 12.3. The van der Waals surface area contributed by atoms with Gasteiger partial charge in [0.1, 0.15) is 11.6 Å². The van der Waals surface area contributed by atoms with Crippen molar-refractivity contribution in [2.24, 2.45) is 0 Å². The van der Waals surface area contributed by atoms with Crippen LogP contribution in [-0.2, 0) is 5.41 Å². The molecule has 0 saturated carbocycles. The number of hydrogen-bond donors (Lipinski definition) is 2.